The van der Waals surface area contributed by atoms with E-state index in [9.17, 15) is 0 Å². The van der Waals surface area contributed by atoms with E-state index in [1.165, 1.54) is 15.3 Å². The Labute approximate surface area is 106 Å². The van der Waals surface area contributed by atoms with Crippen molar-refractivity contribution in [1.29, 1.82) is 0 Å². The Morgan fingerprint density at radius 1 is 1.47 bits per heavy atom. The van der Waals surface area contributed by atoms with Gasteiger partial charge in [-0.3, -0.25) is 4.68 Å². The summed E-state index contributed by atoms with van der Waals surface area (Å²) in [6.07, 6.45) is 6.22. The quantitative estimate of drug-likeness (QED) is 0.883. The summed E-state index contributed by atoms with van der Waals surface area (Å²) in [7, 11) is 3.99. The summed E-state index contributed by atoms with van der Waals surface area (Å²) in [5.74, 6) is 0. The number of hydrogen-bond donors (Lipinski definition) is 1. The molecule has 0 amide bonds. The normalized spacial score (nSPS) is 12.9. The molecule has 92 valence electrons. The highest BCUT2D eigenvalue weighted by Gasteiger charge is 2.11. The number of thiophene rings is 1. The Morgan fingerprint density at radius 2 is 2.29 bits per heavy atom. The van der Waals surface area contributed by atoms with Gasteiger partial charge in [0.25, 0.3) is 0 Å². The predicted molar refractivity (Wildman–Crippen MR) is 72.4 cm³/mol. The molecule has 0 aliphatic rings. The molecule has 1 N–H and O–H groups in total. The van der Waals surface area contributed by atoms with Gasteiger partial charge in [-0.15, -0.1) is 11.3 Å². The first kappa shape index (κ1) is 12.3. The van der Waals surface area contributed by atoms with Crippen molar-refractivity contribution < 1.29 is 0 Å². The lowest BCUT2D eigenvalue weighted by Gasteiger charge is -2.13. The number of hydrogen-bond acceptors (Lipinski definition) is 3. The van der Waals surface area contributed by atoms with Gasteiger partial charge in [0.05, 0.1) is 6.20 Å². The molecular weight excluding hydrogens is 230 g/mol. The number of rotatable bonds is 5. The van der Waals surface area contributed by atoms with Crippen LogP contribution in [0.2, 0.25) is 0 Å². The smallest absolute Gasteiger partial charge is 0.0521 e. The molecule has 2 aromatic heterocycles. The molecule has 0 aromatic carbocycles. The molecule has 0 bridgehead atoms. The van der Waals surface area contributed by atoms with Gasteiger partial charge in [-0.2, -0.15) is 5.10 Å². The Kier molecular flexibility index (Phi) is 3.97. The monoisotopic (exact) mass is 249 g/mol. The molecular formula is C13H19N3S. The van der Waals surface area contributed by atoms with E-state index >= 15 is 0 Å². The molecule has 0 saturated heterocycles. The van der Waals surface area contributed by atoms with Crippen molar-refractivity contribution in [3.05, 3.63) is 39.8 Å². The predicted octanol–water partition coefficient (Wildman–Crippen LogP) is 2.68. The van der Waals surface area contributed by atoms with Gasteiger partial charge >= 0.3 is 0 Å². The third-order valence-electron chi connectivity index (χ3n) is 2.93. The van der Waals surface area contributed by atoms with Crippen molar-refractivity contribution in [2.24, 2.45) is 7.05 Å². The van der Waals surface area contributed by atoms with E-state index in [2.05, 4.69) is 35.7 Å². The van der Waals surface area contributed by atoms with Crippen LogP contribution in [0.5, 0.6) is 0 Å². The largest absolute Gasteiger partial charge is 0.312 e. The second-order valence-corrected chi connectivity index (χ2v) is 5.67. The van der Waals surface area contributed by atoms with E-state index in [0.29, 0.717) is 6.04 Å². The molecule has 4 heteroatoms. The van der Waals surface area contributed by atoms with Crippen molar-refractivity contribution in [3.8, 4) is 0 Å². The first-order chi connectivity index (χ1) is 8.19. The zero-order chi connectivity index (χ0) is 12.3. The van der Waals surface area contributed by atoms with Crippen molar-refractivity contribution >= 4 is 11.3 Å². The van der Waals surface area contributed by atoms with Crippen LogP contribution in [0.15, 0.2) is 24.5 Å². The molecule has 1 unspecified atom stereocenters. The molecule has 0 aliphatic heterocycles. The molecule has 3 nitrogen and oxygen atoms in total. The molecule has 2 heterocycles. The summed E-state index contributed by atoms with van der Waals surface area (Å²) in [5.41, 5.74) is 1.31. The first-order valence-electron chi connectivity index (χ1n) is 5.90. The highest BCUT2D eigenvalue weighted by molar-refractivity contribution is 7.12. The molecule has 2 aromatic rings. The van der Waals surface area contributed by atoms with E-state index in [1.54, 1.807) is 0 Å². The molecule has 2 rings (SSSR count). The zero-order valence-electron chi connectivity index (χ0n) is 10.6. The first-order valence-corrected chi connectivity index (χ1v) is 6.72. The van der Waals surface area contributed by atoms with Gasteiger partial charge in [0.1, 0.15) is 0 Å². The van der Waals surface area contributed by atoms with Crippen LogP contribution < -0.4 is 5.32 Å². The van der Waals surface area contributed by atoms with Crippen LogP contribution in [0, 0.1) is 6.92 Å². The maximum atomic E-state index is 4.20. The van der Waals surface area contributed by atoms with Crippen LogP contribution in [0.25, 0.3) is 0 Å². The number of aryl methyl sites for hydroxylation is 3. The van der Waals surface area contributed by atoms with Crippen LogP contribution in [-0.2, 0) is 13.5 Å². The zero-order valence-corrected chi connectivity index (χ0v) is 11.4. The average molecular weight is 249 g/mol. The Morgan fingerprint density at radius 3 is 2.82 bits per heavy atom. The van der Waals surface area contributed by atoms with Gasteiger partial charge in [0.15, 0.2) is 0 Å². The van der Waals surface area contributed by atoms with Gasteiger partial charge in [0, 0.05) is 29.0 Å². The molecule has 0 radical (unpaired) electrons. The van der Waals surface area contributed by atoms with Gasteiger partial charge < -0.3 is 5.32 Å². The second-order valence-electron chi connectivity index (χ2n) is 4.35. The fraction of sp³-hybridized carbons (Fsp3) is 0.462. The minimum atomic E-state index is 0.453. The third kappa shape index (κ3) is 3.17. The van der Waals surface area contributed by atoms with E-state index in [1.807, 2.05) is 36.3 Å². The van der Waals surface area contributed by atoms with Crippen LogP contribution in [-0.4, -0.2) is 16.8 Å². The summed E-state index contributed by atoms with van der Waals surface area (Å²) in [6.45, 7) is 2.15. The van der Waals surface area contributed by atoms with Gasteiger partial charge in [0.2, 0.25) is 0 Å². The van der Waals surface area contributed by atoms with Crippen molar-refractivity contribution in [2.75, 3.05) is 7.05 Å². The van der Waals surface area contributed by atoms with Crippen LogP contribution in [0.1, 0.15) is 27.8 Å². The van der Waals surface area contributed by atoms with Gasteiger partial charge in [-0.25, -0.2) is 0 Å². The molecule has 0 spiro atoms. The van der Waals surface area contributed by atoms with Crippen LogP contribution in [0.3, 0.4) is 0 Å². The molecule has 0 saturated carbocycles. The van der Waals surface area contributed by atoms with E-state index < -0.39 is 0 Å². The van der Waals surface area contributed by atoms with Crippen molar-refractivity contribution in [3.63, 3.8) is 0 Å². The van der Waals surface area contributed by atoms with E-state index in [4.69, 9.17) is 0 Å². The second kappa shape index (κ2) is 5.47. The SMILES string of the molecule is CNC(CCc1cnn(C)c1)c1ccc(C)s1. The molecule has 17 heavy (non-hydrogen) atoms. The molecule has 0 fully saturated rings. The standard InChI is InChI=1S/C13H19N3S/c1-10-4-7-13(17-10)12(14-2)6-5-11-8-15-16(3)9-11/h4,7-9,12,14H,5-6H2,1-3H3. The summed E-state index contributed by atoms with van der Waals surface area (Å²) >= 11 is 1.88. The lowest BCUT2D eigenvalue weighted by molar-refractivity contribution is 0.558. The summed E-state index contributed by atoms with van der Waals surface area (Å²) in [4.78, 5) is 2.80. The van der Waals surface area contributed by atoms with Crippen molar-refractivity contribution in [1.82, 2.24) is 15.1 Å². The molecule has 1 atom stereocenters. The highest BCUT2D eigenvalue weighted by Crippen LogP contribution is 2.25. The van der Waals surface area contributed by atoms with Gasteiger partial charge in [-0.1, -0.05) is 0 Å². The maximum Gasteiger partial charge on any atom is 0.0521 e. The Hall–Kier alpha value is -1.13. The van der Waals surface area contributed by atoms with Crippen LogP contribution >= 0.6 is 11.3 Å². The van der Waals surface area contributed by atoms with Crippen molar-refractivity contribution in [2.45, 2.75) is 25.8 Å². The third-order valence-corrected chi connectivity index (χ3v) is 4.05. The van der Waals surface area contributed by atoms with E-state index in [0.717, 1.165) is 12.8 Å². The van der Waals surface area contributed by atoms with Crippen LogP contribution in [0.4, 0.5) is 0 Å². The number of nitrogens with one attached hydrogen (secondary N) is 1. The topological polar surface area (TPSA) is 29.9 Å². The lowest BCUT2D eigenvalue weighted by atomic mass is 10.1. The summed E-state index contributed by atoms with van der Waals surface area (Å²) < 4.78 is 1.86. The summed E-state index contributed by atoms with van der Waals surface area (Å²) in [6, 6.07) is 4.87. The maximum absolute atomic E-state index is 4.20. The Balaban J connectivity index is 1.96. The Bertz CT molecular complexity index is 472. The number of nitrogens with zero attached hydrogens (tertiary/aromatic N) is 2. The van der Waals surface area contributed by atoms with Gasteiger partial charge in [-0.05, 0) is 44.5 Å². The fourth-order valence-corrected chi connectivity index (χ4v) is 3.00. The minimum Gasteiger partial charge on any atom is -0.312 e. The highest BCUT2D eigenvalue weighted by atomic mass is 32.1. The average Bonchev–Trinajstić information content (AvgIpc) is 2.89. The van der Waals surface area contributed by atoms with E-state index in [-0.39, 0.29) is 0 Å². The lowest BCUT2D eigenvalue weighted by Crippen LogP contribution is -2.15. The summed E-state index contributed by atoms with van der Waals surface area (Å²) in [5, 5.41) is 7.59. The minimum absolute atomic E-state index is 0.453. The fourth-order valence-electron chi connectivity index (χ4n) is 1.98. The molecule has 0 aliphatic carbocycles. The number of aromatic nitrogens is 2.